The minimum absolute atomic E-state index is 0.116. The molecule has 0 unspecified atom stereocenters. The van der Waals surface area contributed by atoms with Crippen molar-refractivity contribution >= 4 is 39.9 Å². The second-order valence-electron chi connectivity index (χ2n) is 10.2. The van der Waals surface area contributed by atoms with Crippen LogP contribution < -0.4 is 16.0 Å². The molecule has 202 valence electrons. The fraction of sp³-hybridized carbons (Fsp3) is 0.542. The minimum atomic E-state index is -2.69. The van der Waals surface area contributed by atoms with Crippen molar-refractivity contribution in [3.8, 4) is 0 Å². The van der Waals surface area contributed by atoms with Crippen molar-refractivity contribution in [2.45, 2.75) is 57.2 Å². The molecule has 0 aliphatic heterocycles. The molecule has 3 N–H and O–H groups in total. The summed E-state index contributed by atoms with van der Waals surface area (Å²) in [6.07, 6.45) is 2.01. The highest BCUT2D eigenvalue weighted by molar-refractivity contribution is 7.17. The first-order chi connectivity index (χ1) is 18.3. The number of thiophene rings is 1. The van der Waals surface area contributed by atoms with E-state index in [2.05, 4.69) is 31.2 Å². The van der Waals surface area contributed by atoms with Gasteiger partial charge >= 0.3 is 0 Å². The van der Waals surface area contributed by atoms with Crippen molar-refractivity contribution in [3.05, 3.63) is 34.1 Å². The van der Waals surface area contributed by atoms with E-state index < -0.39 is 24.4 Å². The average Bonchev–Trinajstić information content (AvgIpc) is 3.72. The first kappa shape index (κ1) is 24.9. The Morgan fingerprint density at radius 2 is 2.05 bits per heavy atom. The lowest BCUT2D eigenvalue weighted by molar-refractivity contribution is -0.117. The second-order valence-corrected chi connectivity index (χ2v) is 11.3. The number of amides is 2. The van der Waals surface area contributed by atoms with E-state index in [1.807, 2.05) is 4.57 Å². The molecule has 3 heterocycles. The highest BCUT2D eigenvalue weighted by Crippen LogP contribution is 2.43. The highest BCUT2D eigenvalue weighted by Gasteiger charge is 2.44. The molecule has 3 atom stereocenters. The molecule has 3 aromatic rings. The van der Waals surface area contributed by atoms with Crippen molar-refractivity contribution in [1.82, 2.24) is 29.9 Å². The van der Waals surface area contributed by atoms with Crippen LogP contribution in [0.1, 0.15) is 64.6 Å². The number of alkyl halides is 3. The Morgan fingerprint density at radius 3 is 2.74 bits per heavy atom. The molecule has 2 saturated carbocycles. The van der Waals surface area contributed by atoms with E-state index in [9.17, 15) is 22.8 Å². The molecule has 0 bridgehead atoms. The van der Waals surface area contributed by atoms with Crippen molar-refractivity contribution in [2.75, 3.05) is 17.2 Å². The van der Waals surface area contributed by atoms with Gasteiger partial charge in [0.2, 0.25) is 11.9 Å². The molecule has 0 aromatic carbocycles. The summed E-state index contributed by atoms with van der Waals surface area (Å²) in [5, 5.41) is 21.3. The first-order valence-corrected chi connectivity index (χ1v) is 13.5. The summed E-state index contributed by atoms with van der Waals surface area (Å²) in [5.74, 6) is -0.0943. The van der Waals surface area contributed by atoms with Crippen LogP contribution in [0.4, 0.5) is 29.9 Å². The molecular weight excluding hydrogens is 521 g/mol. The Hall–Kier alpha value is -3.42. The molecule has 0 radical (unpaired) electrons. The van der Waals surface area contributed by atoms with Crippen molar-refractivity contribution in [1.29, 1.82) is 0 Å². The number of nitrogens with one attached hydrogen (secondary N) is 3. The molecule has 3 aliphatic rings. The van der Waals surface area contributed by atoms with Crippen molar-refractivity contribution in [3.63, 3.8) is 0 Å². The summed E-state index contributed by atoms with van der Waals surface area (Å²) < 4.78 is 42.8. The van der Waals surface area contributed by atoms with Crippen LogP contribution in [-0.2, 0) is 24.7 Å². The van der Waals surface area contributed by atoms with Gasteiger partial charge in [-0.1, -0.05) is 0 Å². The number of rotatable bonds is 9. The molecule has 38 heavy (non-hydrogen) atoms. The molecule has 3 aromatic heterocycles. The van der Waals surface area contributed by atoms with Crippen LogP contribution in [0.3, 0.4) is 0 Å². The van der Waals surface area contributed by atoms with Gasteiger partial charge in [-0.25, -0.2) is 13.2 Å². The maximum absolute atomic E-state index is 13.5. The molecule has 2 fully saturated rings. The molecule has 0 spiro atoms. The quantitative estimate of drug-likeness (QED) is 0.373. The maximum atomic E-state index is 13.5. The first-order valence-electron chi connectivity index (χ1n) is 12.6. The molecule has 0 saturated heterocycles. The van der Waals surface area contributed by atoms with E-state index in [0.717, 1.165) is 29.7 Å². The lowest BCUT2D eigenvalue weighted by atomic mass is 9.91. The predicted octanol–water partition coefficient (Wildman–Crippen LogP) is 3.92. The molecule has 2 amide bonds. The Labute approximate surface area is 220 Å². The third-order valence-electron chi connectivity index (χ3n) is 7.33. The SMILES string of the molecule is Cn1nc(C(F)F)cc1Nc1nncn1[C@H]1CCc2sc(NC(=O)[C@@H]3C[C@H]3F)c(C(=O)NCC3CC3)c2C1. The van der Waals surface area contributed by atoms with Crippen LogP contribution in [0.2, 0.25) is 0 Å². The Kier molecular flexibility index (Phi) is 6.36. The van der Waals surface area contributed by atoms with Gasteiger partial charge in [-0.3, -0.25) is 18.8 Å². The van der Waals surface area contributed by atoms with E-state index in [0.29, 0.717) is 47.6 Å². The lowest BCUT2D eigenvalue weighted by Gasteiger charge is -2.25. The summed E-state index contributed by atoms with van der Waals surface area (Å²) >= 11 is 1.37. The minimum Gasteiger partial charge on any atom is -0.352 e. The van der Waals surface area contributed by atoms with Crippen molar-refractivity contribution in [2.24, 2.45) is 18.9 Å². The summed E-state index contributed by atoms with van der Waals surface area (Å²) in [6, 6.07) is 1.15. The zero-order chi connectivity index (χ0) is 26.6. The van der Waals surface area contributed by atoms with Gasteiger partial charge < -0.3 is 16.0 Å². The van der Waals surface area contributed by atoms with Gasteiger partial charge in [0.1, 0.15) is 29.0 Å². The zero-order valence-electron chi connectivity index (χ0n) is 20.6. The van der Waals surface area contributed by atoms with Crippen LogP contribution in [0, 0.1) is 11.8 Å². The Bertz CT molecular complexity index is 1380. The smallest absolute Gasteiger partial charge is 0.282 e. The van der Waals surface area contributed by atoms with Crippen molar-refractivity contribution < 1.29 is 22.8 Å². The number of hydrogen-bond donors (Lipinski definition) is 3. The van der Waals surface area contributed by atoms with Crippen LogP contribution in [0.5, 0.6) is 0 Å². The van der Waals surface area contributed by atoms with Gasteiger partial charge in [0.15, 0.2) is 0 Å². The van der Waals surface area contributed by atoms with Crippen LogP contribution in [-0.4, -0.2) is 49.1 Å². The number of halogens is 3. The molecule has 14 heteroatoms. The van der Waals surface area contributed by atoms with E-state index in [4.69, 9.17) is 0 Å². The fourth-order valence-corrected chi connectivity index (χ4v) is 6.09. The summed E-state index contributed by atoms with van der Waals surface area (Å²) in [7, 11) is 1.56. The summed E-state index contributed by atoms with van der Waals surface area (Å²) in [4.78, 5) is 26.9. The number of anilines is 3. The normalized spacial score (nSPS) is 22.3. The zero-order valence-corrected chi connectivity index (χ0v) is 21.4. The number of aromatic nitrogens is 5. The lowest BCUT2D eigenvalue weighted by Crippen LogP contribution is -2.29. The van der Waals surface area contributed by atoms with E-state index in [1.54, 1.807) is 13.4 Å². The van der Waals surface area contributed by atoms with Crippen LogP contribution >= 0.6 is 11.3 Å². The fourth-order valence-electron chi connectivity index (χ4n) is 4.85. The summed E-state index contributed by atoms with van der Waals surface area (Å²) in [5.41, 5.74) is 0.946. The van der Waals surface area contributed by atoms with Gasteiger partial charge in [-0.15, -0.1) is 21.5 Å². The van der Waals surface area contributed by atoms with Gasteiger partial charge in [-0.2, -0.15) is 5.10 Å². The molecule has 10 nitrogen and oxygen atoms in total. The van der Waals surface area contributed by atoms with Gasteiger partial charge in [0.05, 0.1) is 11.5 Å². The largest absolute Gasteiger partial charge is 0.352 e. The van der Waals surface area contributed by atoms with Gasteiger partial charge in [0.25, 0.3) is 12.3 Å². The van der Waals surface area contributed by atoms with Gasteiger partial charge in [0, 0.05) is 30.6 Å². The number of aryl methyl sites for hydroxylation is 2. The average molecular weight is 549 g/mol. The predicted molar refractivity (Wildman–Crippen MR) is 134 cm³/mol. The molecular formula is C24H27F3N8O2S. The number of fused-ring (bicyclic) bond motifs is 1. The van der Waals surface area contributed by atoms with Crippen LogP contribution in [0.25, 0.3) is 0 Å². The van der Waals surface area contributed by atoms with Crippen LogP contribution in [0.15, 0.2) is 12.4 Å². The molecule has 6 rings (SSSR count). The topological polar surface area (TPSA) is 119 Å². The Balaban J connectivity index is 1.26. The van der Waals surface area contributed by atoms with E-state index in [1.165, 1.54) is 22.1 Å². The Morgan fingerprint density at radius 1 is 1.26 bits per heavy atom. The monoisotopic (exact) mass is 548 g/mol. The van der Waals surface area contributed by atoms with Gasteiger partial charge in [-0.05, 0) is 50.0 Å². The third-order valence-corrected chi connectivity index (χ3v) is 8.53. The highest BCUT2D eigenvalue weighted by atomic mass is 32.1. The van der Waals surface area contributed by atoms with E-state index >= 15 is 0 Å². The maximum Gasteiger partial charge on any atom is 0.282 e. The molecule has 3 aliphatic carbocycles. The number of nitrogens with zero attached hydrogens (tertiary/aromatic N) is 5. The van der Waals surface area contributed by atoms with E-state index in [-0.39, 0.29) is 24.1 Å². The number of carbonyl (C=O) groups excluding carboxylic acids is 2. The third kappa shape index (κ3) is 4.88. The summed E-state index contributed by atoms with van der Waals surface area (Å²) in [6.45, 7) is 0.584. The number of hydrogen-bond acceptors (Lipinski definition) is 7. The standard InChI is InChI=1S/C24H27F3N8O2S/c1-34-18(8-16(33-34)20(26)27)30-24-32-29-10-35(24)12-4-5-17-14(6-12)19(22(37)28-9-11-2-3-11)23(38-17)31-21(36)13-7-15(13)25/h8,10-13,15,20H,2-7,9H2,1H3,(H,28,37)(H,30,32)(H,31,36)/t12-,13+,15+/m0/s1. The number of carbonyl (C=O) groups is 2. The second kappa shape index (κ2) is 9.71.